The van der Waals surface area contributed by atoms with Gasteiger partial charge in [0.1, 0.15) is 12.6 Å². The fourth-order valence-electron chi connectivity index (χ4n) is 6.39. The standard InChI is InChI=1S/C34H40N3O5P/c1-25(35-43(41,23-26-12-5-3-6-13-26)24-27-14-7-4-8-15-27)33(39)37(30-20-28-16-9-10-17-29(28)21-30)22-32(38)36-19-11-18-31(36)34(40)42-2/h3-10,12-17,25,30-31H,11,18-24H2,1-2H3,(H,35,41)/t25-,31-/m0/s1. The van der Waals surface area contributed by atoms with Gasteiger partial charge in [0.05, 0.1) is 13.2 Å². The third-order valence-corrected chi connectivity index (χ3v) is 11.1. The zero-order valence-electron chi connectivity index (χ0n) is 24.9. The second kappa shape index (κ2) is 13.7. The smallest absolute Gasteiger partial charge is 0.328 e. The van der Waals surface area contributed by atoms with Crippen LogP contribution in [0.1, 0.15) is 42.0 Å². The van der Waals surface area contributed by atoms with E-state index in [0.717, 1.165) is 22.3 Å². The molecule has 43 heavy (non-hydrogen) atoms. The average molecular weight is 602 g/mol. The molecule has 1 fully saturated rings. The van der Waals surface area contributed by atoms with Crippen LogP contribution in [-0.2, 0) is 48.9 Å². The highest BCUT2D eigenvalue weighted by molar-refractivity contribution is 7.60. The maximum Gasteiger partial charge on any atom is 0.328 e. The first-order valence-electron chi connectivity index (χ1n) is 14.9. The number of carbonyl (C=O) groups is 3. The lowest BCUT2D eigenvalue weighted by Crippen LogP contribution is -2.54. The summed E-state index contributed by atoms with van der Waals surface area (Å²) >= 11 is 0. The topological polar surface area (TPSA) is 96.0 Å². The van der Waals surface area contributed by atoms with Crippen molar-refractivity contribution in [2.75, 3.05) is 20.2 Å². The number of fused-ring (bicyclic) bond motifs is 1. The summed E-state index contributed by atoms with van der Waals surface area (Å²) in [5, 5.41) is 3.26. The number of hydrogen-bond donors (Lipinski definition) is 1. The molecule has 0 bridgehead atoms. The highest BCUT2D eigenvalue weighted by atomic mass is 31.2. The quantitative estimate of drug-likeness (QED) is 0.251. The Hall–Kier alpha value is -3.74. The molecule has 0 unspecified atom stereocenters. The molecule has 8 nitrogen and oxygen atoms in total. The summed E-state index contributed by atoms with van der Waals surface area (Å²) in [4.78, 5) is 43.5. The number of esters is 1. The van der Waals surface area contributed by atoms with Crippen LogP contribution in [0.15, 0.2) is 84.9 Å². The van der Waals surface area contributed by atoms with Crippen LogP contribution in [0.4, 0.5) is 0 Å². The Labute approximate surface area is 253 Å². The fraction of sp³-hybridized carbons (Fsp3) is 0.382. The third-order valence-electron chi connectivity index (χ3n) is 8.47. The molecule has 0 spiro atoms. The second-order valence-corrected chi connectivity index (χ2v) is 14.3. The minimum Gasteiger partial charge on any atom is -0.467 e. The molecule has 3 aromatic rings. The maximum atomic E-state index is 14.6. The second-order valence-electron chi connectivity index (χ2n) is 11.6. The van der Waals surface area contributed by atoms with Crippen LogP contribution in [0.25, 0.3) is 0 Å². The zero-order valence-corrected chi connectivity index (χ0v) is 25.7. The van der Waals surface area contributed by atoms with Crippen molar-refractivity contribution in [3.05, 3.63) is 107 Å². The molecule has 0 radical (unpaired) electrons. The molecule has 2 aliphatic rings. The number of hydrogen-bond acceptors (Lipinski definition) is 5. The van der Waals surface area contributed by atoms with Crippen LogP contribution in [0.3, 0.4) is 0 Å². The first kappa shape index (κ1) is 30.7. The van der Waals surface area contributed by atoms with E-state index >= 15 is 0 Å². The van der Waals surface area contributed by atoms with Gasteiger partial charge in [-0.15, -0.1) is 0 Å². The number of ether oxygens (including phenoxy) is 1. The minimum absolute atomic E-state index is 0.154. The van der Waals surface area contributed by atoms with E-state index in [1.54, 1.807) is 16.7 Å². The molecule has 2 amide bonds. The lowest BCUT2D eigenvalue weighted by Gasteiger charge is -2.34. The van der Waals surface area contributed by atoms with Crippen molar-refractivity contribution in [3.8, 4) is 0 Å². The molecule has 1 N–H and O–H groups in total. The summed E-state index contributed by atoms with van der Waals surface area (Å²) in [6.45, 7) is 2.03. The highest BCUT2D eigenvalue weighted by Gasteiger charge is 2.40. The number of methoxy groups -OCH3 is 1. The van der Waals surface area contributed by atoms with E-state index in [0.29, 0.717) is 44.6 Å². The lowest BCUT2D eigenvalue weighted by molar-refractivity contribution is -0.152. The number of nitrogens with zero attached hydrogens (tertiary/aromatic N) is 2. The summed E-state index contributed by atoms with van der Waals surface area (Å²) in [5.41, 5.74) is 4.17. The number of rotatable bonds is 11. The average Bonchev–Trinajstić information content (AvgIpc) is 3.68. The Morgan fingerprint density at radius 2 is 1.44 bits per heavy atom. The monoisotopic (exact) mass is 601 g/mol. The molecule has 0 aromatic heterocycles. The molecule has 1 aliphatic carbocycles. The van der Waals surface area contributed by atoms with Crippen molar-refractivity contribution >= 4 is 25.1 Å². The molecular formula is C34H40N3O5P. The van der Waals surface area contributed by atoms with Gasteiger partial charge in [0.25, 0.3) is 0 Å². The van der Waals surface area contributed by atoms with Crippen LogP contribution in [-0.4, -0.2) is 65.9 Å². The van der Waals surface area contributed by atoms with E-state index in [1.807, 2.05) is 72.8 Å². The molecule has 2 atom stereocenters. The molecule has 226 valence electrons. The van der Waals surface area contributed by atoms with E-state index in [2.05, 4.69) is 17.2 Å². The Kier molecular flexibility index (Phi) is 9.79. The molecule has 9 heteroatoms. The predicted molar refractivity (Wildman–Crippen MR) is 167 cm³/mol. The number of nitrogens with one attached hydrogen (secondary N) is 1. The Morgan fingerprint density at radius 1 is 0.907 bits per heavy atom. The third kappa shape index (κ3) is 7.43. The van der Waals surface area contributed by atoms with Gasteiger partial charge in [0.2, 0.25) is 11.8 Å². The van der Waals surface area contributed by atoms with Gasteiger partial charge in [0, 0.05) is 24.9 Å². The van der Waals surface area contributed by atoms with Crippen molar-refractivity contribution in [2.45, 2.75) is 63.1 Å². The van der Waals surface area contributed by atoms with Crippen LogP contribution in [0.5, 0.6) is 0 Å². The van der Waals surface area contributed by atoms with Crippen LogP contribution >= 0.6 is 7.29 Å². The zero-order chi connectivity index (χ0) is 30.4. The van der Waals surface area contributed by atoms with Crippen LogP contribution in [0.2, 0.25) is 0 Å². The van der Waals surface area contributed by atoms with Gasteiger partial charge in [-0.25, -0.2) is 4.79 Å². The van der Waals surface area contributed by atoms with Gasteiger partial charge < -0.3 is 19.1 Å². The maximum absolute atomic E-state index is 14.6. The van der Waals surface area contributed by atoms with Crippen LogP contribution in [0, 0.1) is 0 Å². The van der Waals surface area contributed by atoms with Gasteiger partial charge in [-0.1, -0.05) is 84.9 Å². The van der Waals surface area contributed by atoms with E-state index in [4.69, 9.17) is 4.74 Å². The summed E-state index contributed by atoms with van der Waals surface area (Å²) in [6.07, 6.45) is 3.10. The predicted octanol–water partition coefficient (Wildman–Crippen LogP) is 4.80. The normalized spacial score (nSPS) is 17.3. The number of likely N-dealkylation sites (tertiary alicyclic amines) is 1. The fourth-order valence-corrected chi connectivity index (χ4v) is 9.10. The molecule has 0 saturated carbocycles. The van der Waals surface area contributed by atoms with Crippen molar-refractivity contribution in [1.29, 1.82) is 0 Å². The van der Waals surface area contributed by atoms with E-state index in [9.17, 15) is 18.9 Å². The molecule has 1 heterocycles. The van der Waals surface area contributed by atoms with Gasteiger partial charge in [-0.3, -0.25) is 14.7 Å². The number of carbonyl (C=O) groups excluding carboxylic acids is 3. The summed E-state index contributed by atoms with van der Waals surface area (Å²) in [7, 11) is -1.81. The van der Waals surface area contributed by atoms with E-state index in [1.165, 1.54) is 7.11 Å². The van der Waals surface area contributed by atoms with Gasteiger partial charge in [0.15, 0.2) is 7.29 Å². The summed E-state index contributed by atoms with van der Waals surface area (Å²) in [5.74, 6) is -0.989. The first-order valence-corrected chi connectivity index (χ1v) is 17.0. The van der Waals surface area contributed by atoms with Crippen molar-refractivity contribution in [2.24, 2.45) is 0 Å². The largest absolute Gasteiger partial charge is 0.467 e. The van der Waals surface area contributed by atoms with E-state index < -0.39 is 25.3 Å². The molecule has 3 aromatic carbocycles. The Bertz CT molecular complexity index is 1410. The minimum atomic E-state index is -3.14. The SMILES string of the molecule is COC(=O)[C@@H]1CCCN1C(=O)CN(C(=O)[C@H](C)NP(=O)(Cc1ccccc1)Cc1ccccc1)C1Cc2ccccc2C1. The number of benzene rings is 3. The number of amides is 2. The molecular weight excluding hydrogens is 561 g/mol. The van der Waals surface area contributed by atoms with Crippen molar-refractivity contribution < 1.29 is 23.7 Å². The van der Waals surface area contributed by atoms with Crippen molar-refractivity contribution in [3.63, 3.8) is 0 Å². The summed E-state index contributed by atoms with van der Waals surface area (Å²) in [6, 6.07) is 25.7. The summed E-state index contributed by atoms with van der Waals surface area (Å²) < 4.78 is 19.5. The first-order chi connectivity index (χ1) is 20.8. The van der Waals surface area contributed by atoms with Gasteiger partial charge in [-0.2, -0.15) is 0 Å². The van der Waals surface area contributed by atoms with Gasteiger partial charge >= 0.3 is 5.97 Å². The lowest BCUT2D eigenvalue weighted by atomic mass is 10.1. The van der Waals surface area contributed by atoms with E-state index in [-0.39, 0.29) is 24.4 Å². The highest BCUT2D eigenvalue weighted by Crippen LogP contribution is 2.49. The molecule has 5 rings (SSSR count). The molecule has 1 aliphatic heterocycles. The van der Waals surface area contributed by atoms with Crippen molar-refractivity contribution in [1.82, 2.24) is 14.9 Å². The van der Waals surface area contributed by atoms with Crippen LogP contribution < -0.4 is 5.09 Å². The Balaban J connectivity index is 1.39. The van der Waals surface area contributed by atoms with Gasteiger partial charge in [-0.05, 0) is 54.9 Å². The molecule has 1 saturated heterocycles. The Morgan fingerprint density at radius 3 is 1.98 bits per heavy atom.